The van der Waals surface area contributed by atoms with Crippen molar-refractivity contribution in [2.75, 3.05) is 19.0 Å². The molecule has 11 nitrogen and oxygen atoms in total. The number of carbonyl (C=O) groups excluding carboxylic acids is 1. The van der Waals surface area contributed by atoms with E-state index in [-0.39, 0.29) is 64.8 Å². The van der Waals surface area contributed by atoms with Gasteiger partial charge in [0.2, 0.25) is 0 Å². The Balaban J connectivity index is 1.55. The van der Waals surface area contributed by atoms with Crippen LogP contribution >= 0.6 is 0 Å². The Bertz CT molecular complexity index is 1580. The Labute approximate surface area is 228 Å². The number of pyridine rings is 1. The van der Waals surface area contributed by atoms with E-state index in [0.29, 0.717) is 5.69 Å². The van der Waals surface area contributed by atoms with E-state index >= 15 is 0 Å². The van der Waals surface area contributed by atoms with Crippen LogP contribution in [0.4, 0.5) is 20.3 Å². The van der Waals surface area contributed by atoms with Crippen LogP contribution in [0.5, 0.6) is 17.2 Å². The molecule has 3 heterocycles. The van der Waals surface area contributed by atoms with Gasteiger partial charge >= 0.3 is 0 Å². The van der Waals surface area contributed by atoms with Crippen molar-refractivity contribution in [2.24, 2.45) is 5.73 Å². The van der Waals surface area contributed by atoms with Crippen molar-refractivity contribution in [2.45, 2.75) is 39.2 Å². The summed E-state index contributed by atoms with van der Waals surface area (Å²) < 4.78 is 42.0. The fourth-order valence-electron chi connectivity index (χ4n) is 4.51. The molecule has 1 aliphatic rings. The molecule has 208 valence electrons. The first kappa shape index (κ1) is 26.8. The summed E-state index contributed by atoms with van der Waals surface area (Å²) in [7, 11) is 1.41. The number of aromatic hydroxyl groups is 1. The summed E-state index contributed by atoms with van der Waals surface area (Å²) in [5, 5.41) is 17.9. The molecule has 4 aromatic rings. The molecule has 5 rings (SSSR count). The second-order valence-electron chi connectivity index (χ2n) is 9.27. The molecule has 0 atom stereocenters. The van der Waals surface area contributed by atoms with Gasteiger partial charge in [-0.25, -0.2) is 18.7 Å². The van der Waals surface area contributed by atoms with Crippen LogP contribution in [0.15, 0.2) is 30.7 Å². The number of rotatable bonds is 10. The van der Waals surface area contributed by atoms with E-state index in [0.717, 1.165) is 42.4 Å². The average molecular weight is 552 g/mol. The monoisotopic (exact) mass is 551 g/mol. The lowest BCUT2D eigenvalue weighted by atomic mass is 10.1. The maximum absolute atomic E-state index is 14.9. The number of methoxy groups -OCH3 is 1. The van der Waals surface area contributed by atoms with E-state index in [1.807, 2.05) is 6.92 Å². The number of amides is 1. The molecule has 13 heteroatoms. The zero-order valence-electron chi connectivity index (χ0n) is 22.0. The summed E-state index contributed by atoms with van der Waals surface area (Å²) >= 11 is 0. The minimum Gasteiger partial charge on any atom is -0.504 e. The number of hydrogen-bond acceptors (Lipinski definition) is 9. The molecule has 1 saturated carbocycles. The standard InChI is InChI=1S/C27H27F2N7O4/c1-4-40-15-7-18(28)17(19(29)8-15)12-36-24(14-5-6-14)13(2)22(35-36)27-32-11-21(39-3)26(34-27)33-23-16(25(30)38)9-31-10-20(23)37/h7-11,14,37H,4-6,12H2,1-3H3,(H2,30,38)(H,31,32,33,34). The highest BCUT2D eigenvalue weighted by Crippen LogP contribution is 2.44. The van der Waals surface area contributed by atoms with Crippen molar-refractivity contribution in [3.63, 3.8) is 0 Å². The molecule has 1 amide bonds. The minimum atomic E-state index is -0.809. The molecule has 1 aliphatic carbocycles. The lowest BCUT2D eigenvalue weighted by Crippen LogP contribution is -2.14. The summed E-state index contributed by atoms with van der Waals surface area (Å²) in [5.41, 5.74) is 7.27. The van der Waals surface area contributed by atoms with E-state index in [1.165, 1.54) is 19.5 Å². The summed E-state index contributed by atoms with van der Waals surface area (Å²) in [6.07, 6.45) is 5.62. The van der Waals surface area contributed by atoms with Gasteiger partial charge in [-0.3, -0.25) is 14.5 Å². The lowest BCUT2D eigenvalue weighted by molar-refractivity contribution is 0.100. The Hall–Kier alpha value is -4.81. The van der Waals surface area contributed by atoms with Gasteiger partial charge < -0.3 is 25.6 Å². The Kier molecular flexibility index (Phi) is 7.20. The highest BCUT2D eigenvalue weighted by Gasteiger charge is 2.32. The molecular weight excluding hydrogens is 524 g/mol. The van der Waals surface area contributed by atoms with Crippen LogP contribution in [0.3, 0.4) is 0 Å². The van der Waals surface area contributed by atoms with Gasteiger partial charge in [0.1, 0.15) is 23.1 Å². The first-order valence-corrected chi connectivity index (χ1v) is 12.5. The predicted molar refractivity (Wildman–Crippen MR) is 141 cm³/mol. The van der Waals surface area contributed by atoms with Crippen molar-refractivity contribution < 1.29 is 28.2 Å². The number of halogens is 2. The van der Waals surface area contributed by atoms with Crippen LogP contribution < -0.4 is 20.5 Å². The van der Waals surface area contributed by atoms with Crippen molar-refractivity contribution >= 4 is 17.4 Å². The van der Waals surface area contributed by atoms with E-state index in [2.05, 4.69) is 25.4 Å². The molecule has 0 unspecified atom stereocenters. The highest BCUT2D eigenvalue weighted by atomic mass is 19.1. The Morgan fingerprint density at radius 1 is 1.23 bits per heavy atom. The summed E-state index contributed by atoms with van der Waals surface area (Å²) in [6.45, 7) is 3.75. The number of hydrogen-bond donors (Lipinski definition) is 3. The highest BCUT2D eigenvalue weighted by molar-refractivity contribution is 6.00. The largest absolute Gasteiger partial charge is 0.504 e. The fraction of sp³-hybridized carbons (Fsp3) is 0.296. The van der Waals surface area contributed by atoms with Crippen LogP contribution in [0.1, 0.15) is 52.9 Å². The van der Waals surface area contributed by atoms with Crippen molar-refractivity contribution in [1.29, 1.82) is 0 Å². The van der Waals surface area contributed by atoms with Crippen LogP contribution in [-0.2, 0) is 6.54 Å². The van der Waals surface area contributed by atoms with Gasteiger partial charge in [-0.15, -0.1) is 0 Å². The van der Waals surface area contributed by atoms with Gasteiger partial charge in [0.05, 0.1) is 43.9 Å². The van der Waals surface area contributed by atoms with Crippen molar-refractivity contribution in [3.05, 3.63) is 64.7 Å². The number of aromatic nitrogens is 5. The number of carbonyl (C=O) groups is 1. The number of nitrogens with zero attached hydrogens (tertiary/aromatic N) is 5. The summed E-state index contributed by atoms with van der Waals surface area (Å²) in [6, 6.07) is 2.32. The molecule has 3 aromatic heterocycles. The molecule has 0 aliphatic heterocycles. The summed E-state index contributed by atoms with van der Waals surface area (Å²) in [5.74, 6) is -1.74. The zero-order valence-corrected chi connectivity index (χ0v) is 22.0. The number of nitrogens with two attached hydrogens (primary N) is 1. The maximum Gasteiger partial charge on any atom is 0.252 e. The predicted octanol–water partition coefficient (Wildman–Crippen LogP) is 4.20. The Morgan fingerprint density at radius 2 is 1.95 bits per heavy atom. The van der Waals surface area contributed by atoms with Gasteiger partial charge in [-0.1, -0.05) is 0 Å². The molecular formula is C27H27F2N7O4. The molecule has 1 fully saturated rings. The second kappa shape index (κ2) is 10.8. The van der Waals surface area contributed by atoms with Gasteiger partial charge in [-0.05, 0) is 26.7 Å². The van der Waals surface area contributed by atoms with Crippen LogP contribution in [0.2, 0.25) is 0 Å². The minimum absolute atomic E-state index is 0.00665. The summed E-state index contributed by atoms with van der Waals surface area (Å²) in [4.78, 5) is 24.6. The topological polar surface area (TPSA) is 150 Å². The van der Waals surface area contributed by atoms with Gasteiger partial charge in [0, 0.05) is 41.1 Å². The van der Waals surface area contributed by atoms with Crippen molar-refractivity contribution in [1.82, 2.24) is 24.7 Å². The fourth-order valence-corrected chi connectivity index (χ4v) is 4.51. The van der Waals surface area contributed by atoms with E-state index < -0.39 is 17.5 Å². The van der Waals surface area contributed by atoms with Gasteiger partial charge in [0.15, 0.2) is 23.1 Å². The maximum atomic E-state index is 14.9. The SMILES string of the molecule is CCOc1cc(F)c(Cn2nc(-c3ncc(OC)c(Nc4c(O)cncc4C(N)=O)n3)c(C)c2C2CC2)c(F)c1. The number of ether oxygens (including phenoxy) is 2. The molecule has 0 saturated heterocycles. The molecule has 1 aromatic carbocycles. The number of anilines is 2. The number of benzene rings is 1. The van der Waals surface area contributed by atoms with Crippen LogP contribution in [0.25, 0.3) is 11.5 Å². The Morgan fingerprint density at radius 3 is 2.58 bits per heavy atom. The third kappa shape index (κ3) is 5.09. The zero-order chi connectivity index (χ0) is 28.6. The second-order valence-corrected chi connectivity index (χ2v) is 9.27. The molecule has 40 heavy (non-hydrogen) atoms. The average Bonchev–Trinajstić information content (AvgIpc) is 3.70. The smallest absolute Gasteiger partial charge is 0.252 e. The normalized spacial score (nSPS) is 12.8. The van der Waals surface area contributed by atoms with E-state index in [1.54, 1.807) is 11.6 Å². The van der Waals surface area contributed by atoms with E-state index in [4.69, 9.17) is 15.2 Å². The lowest BCUT2D eigenvalue weighted by Gasteiger charge is -2.14. The third-order valence-electron chi connectivity index (χ3n) is 6.56. The molecule has 0 bridgehead atoms. The quantitative estimate of drug-likeness (QED) is 0.263. The van der Waals surface area contributed by atoms with E-state index in [9.17, 15) is 18.7 Å². The van der Waals surface area contributed by atoms with Gasteiger partial charge in [-0.2, -0.15) is 5.10 Å². The van der Waals surface area contributed by atoms with Gasteiger partial charge in [0.25, 0.3) is 5.91 Å². The first-order valence-electron chi connectivity index (χ1n) is 12.5. The number of primary amides is 1. The van der Waals surface area contributed by atoms with Crippen molar-refractivity contribution in [3.8, 4) is 28.8 Å². The first-order chi connectivity index (χ1) is 19.2. The van der Waals surface area contributed by atoms with Crippen LogP contribution in [0, 0.1) is 18.6 Å². The third-order valence-corrected chi connectivity index (χ3v) is 6.56. The molecule has 4 N–H and O–H groups in total. The molecule has 0 radical (unpaired) electrons. The number of nitrogens with one attached hydrogen (secondary N) is 1. The van der Waals surface area contributed by atoms with Crippen LogP contribution in [-0.4, -0.2) is 49.5 Å². The molecule has 0 spiro atoms.